The quantitative estimate of drug-likeness (QED) is 0.819. The van der Waals surface area contributed by atoms with E-state index in [0.29, 0.717) is 5.92 Å². The zero-order valence-corrected chi connectivity index (χ0v) is 14.4. The Hall–Kier alpha value is -1.16. The smallest absolute Gasteiger partial charge is 0.202 e. The van der Waals surface area contributed by atoms with Crippen LogP contribution in [0.2, 0.25) is 0 Å². The Morgan fingerprint density at radius 3 is 2.61 bits per heavy atom. The Morgan fingerprint density at radius 1 is 1.26 bits per heavy atom. The van der Waals surface area contributed by atoms with Crippen molar-refractivity contribution in [1.29, 1.82) is 0 Å². The summed E-state index contributed by atoms with van der Waals surface area (Å²) in [5.41, 5.74) is -0.878. The number of allylic oxidation sites excluding steroid dienone is 2. The summed E-state index contributed by atoms with van der Waals surface area (Å²) in [7, 11) is 0. The molecule has 2 fully saturated rings. The van der Waals surface area contributed by atoms with Crippen LogP contribution < -0.4 is 0 Å². The van der Waals surface area contributed by atoms with Crippen molar-refractivity contribution in [3.05, 3.63) is 11.8 Å². The molecule has 0 aliphatic heterocycles. The van der Waals surface area contributed by atoms with E-state index in [9.17, 15) is 19.8 Å². The van der Waals surface area contributed by atoms with E-state index in [2.05, 4.69) is 6.92 Å². The molecule has 3 rings (SSSR count). The molecule has 0 aromatic rings. The molecule has 0 amide bonds. The summed E-state index contributed by atoms with van der Waals surface area (Å²) in [5.74, 6) is 0.405. The summed E-state index contributed by atoms with van der Waals surface area (Å²) in [6.45, 7) is 5.89. The van der Waals surface area contributed by atoms with Crippen LogP contribution in [0.5, 0.6) is 0 Å². The van der Waals surface area contributed by atoms with E-state index in [1.54, 1.807) is 6.08 Å². The van der Waals surface area contributed by atoms with Crippen LogP contribution in [0.3, 0.4) is 0 Å². The Bertz CT molecular complexity index is 580. The van der Waals surface area contributed by atoms with E-state index in [-0.39, 0.29) is 35.3 Å². The van der Waals surface area contributed by atoms with Crippen molar-refractivity contribution >= 4 is 11.6 Å². The first-order valence-electron chi connectivity index (χ1n) is 8.75. The zero-order valence-electron chi connectivity index (χ0n) is 14.4. The molecule has 0 spiro atoms. The van der Waals surface area contributed by atoms with Gasteiger partial charge < -0.3 is 10.2 Å². The molecule has 3 aliphatic rings. The van der Waals surface area contributed by atoms with Gasteiger partial charge in [0.15, 0.2) is 11.5 Å². The third-order valence-electron chi connectivity index (χ3n) is 7.54. The summed E-state index contributed by atoms with van der Waals surface area (Å²) < 4.78 is 0. The van der Waals surface area contributed by atoms with Gasteiger partial charge in [-0.15, -0.1) is 0 Å². The first-order chi connectivity index (χ1) is 10.7. The molecule has 0 aromatic carbocycles. The fraction of sp³-hybridized carbons (Fsp3) is 0.789. The van der Waals surface area contributed by atoms with E-state index in [1.165, 1.54) is 0 Å². The van der Waals surface area contributed by atoms with Gasteiger partial charge in [0, 0.05) is 10.8 Å². The number of rotatable bonds is 2. The van der Waals surface area contributed by atoms with Crippen LogP contribution in [-0.4, -0.2) is 28.4 Å². The van der Waals surface area contributed by atoms with E-state index in [0.717, 1.165) is 38.5 Å². The van der Waals surface area contributed by atoms with E-state index in [4.69, 9.17) is 0 Å². The number of carbonyl (C=O) groups excluding carboxylic acids is 2. The Labute approximate surface area is 138 Å². The van der Waals surface area contributed by atoms with Crippen LogP contribution >= 0.6 is 0 Å². The Morgan fingerprint density at radius 2 is 1.96 bits per heavy atom. The van der Waals surface area contributed by atoms with Gasteiger partial charge in [-0.3, -0.25) is 9.59 Å². The molecule has 0 bridgehead atoms. The van der Waals surface area contributed by atoms with E-state index >= 15 is 0 Å². The SMILES string of the molecule is CC1(C(=O)CO)CCC2(C)C(CCC3(C)C(=O)C(O)=CCC32)C1. The standard InChI is InChI=1S/C19H28O4/c1-17(15(22)11-20)8-9-18(2)12(10-17)6-7-19(3)14(18)5-4-13(21)16(19)23/h4,12,14,20-21H,5-11H2,1-3H3. The van der Waals surface area contributed by atoms with Crippen LogP contribution in [0.15, 0.2) is 11.8 Å². The lowest BCUT2D eigenvalue weighted by Crippen LogP contribution is -2.57. The molecule has 0 heterocycles. The number of fused-ring (bicyclic) bond motifs is 3. The summed E-state index contributed by atoms with van der Waals surface area (Å²) >= 11 is 0. The fourth-order valence-corrected chi connectivity index (χ4v) is 5.75. The molecule has 5 unspecified atom stereocenters. The molecular formula is C19H28O4. The average Bonchev–Trinajstić information content (AvgIpc) is 2.52. The van der Waals surface area contributed by atoms with Crippen LogP contribution in [-0.2, 0) is 9.59 Å². The maximum Gasteiger partial charge on any atom is 0.202 e. The monoisotopic (exact) mass is 320 g/mol. The van der Waals surface area contributed by atoms with Crippen molar-refractivity contribution in [1.82, 2.24) is 0 Å². The number of aliphatic hydroxyl groups excluding tert-OH is 2. The number of Topliss-reactive ketones (excluding diaryl/α,β-unsaturated/α-hetero) is 2. The largest absolute Gasteiger partial charge is 0.505 e. The number of ketones is 2. The lowest BCUT2D eigenvalue weighted by molar-refractivity contribution is -0.157. The van der Waals surface area contributed by atoms with Crippen LogP contribution in [0.25, 0.3) is 0 Å². The van der Waals surface area contributed by atoms with Gasteiger partial charge in [0.1, 0.15) is 6.61 Å². The van der Waals surface area contributed by atoms with Gasteiger partial charge in [-0.2, -0.15) is 0 Å². The average molecular weight is 320 g/mol. The topological polar surface area (TPSA) is 74.6 Å². The number of aliphatic hydroxyl groups is 2. The maximum absolute atomic E-state index is 12.6. The number of carbonyl (C=O) groups is 2. The van der Waals surface area contributed by atoms with E-state index in [1.807, 2.05) is 13.8 Å². The van der Waals surface area contributed by atoms with Gasteiger partial charge in [0.25, 0.3) is 0 Å². The molecule has 4 heteroatoms. The second-order valence-electron chi connectivity index (χ2n) is 8.71. The minimum absolute atomic E-state index is 0.0229. The van der Waals surface area contributed by atoms with Gasteiger partial charge in [-0.1, -0.05) is 20.8 Å². The zero-order chi connectivity index (χ0) is 17.0. The predicted molar refractivity (Wildman–Crippen MR) is 86.8 cm³/mol. The van der Waals surface area contributed by atoms with E-state index < -0.39 is 10.8 Å². The molecule has 2 saturated carbocycles. The van der Waals surface area contributed by atoms with Gasteiger partial charge in [0.2, 0.25) is 5.78 Å². The molecule has 4 nitrogen and oxygen atoms in total. The van der Waals surface area contributed by atoms with Crippen molar-refractivity contribution in [2.75, 3.05) is 6.61 Å². The van der Waals surface area contributed by atoms with Crippen molar-refractivity contribution in [3.63, 3.8) is 0 Å². The fourth-order valence-electron chi connectivity index (χ4n) is 5.75. The second-order valence-corrected chi connectivity index (χ2v) is 8.71. The number of hydrogen-bond donors (Lipinski definition) is 2. The summed E-state index contributed by atoms with van der Waals surface area (Å²) in [6, 6.07) is 0. The summed E-state index contributed by atoms with van der Waals surface area (Å²) in [6.07, 6.45) is 6.60. The lowest BCUT2D eigenvalue weighted by atomic mass is 9.43. The second kappa shape index (κ2) is 5.17. The van der Waals surface area contributed by atoms with Crippen molar-refractivity contribution in [2.24, 2.45) is 28.1 Å². The Balaban J connectivity index is 1.92. The molecule has 0 radical (unpaired) electrons. The van der Waals surface area contributed by atoms with Crippen LogP contribution in [0.4, 0.5) is 0 Å². The highest BCUT2D eigenvalue weighted by Gasteiger charge is 2.60. The first-order valence-corrected chi connectivity index (χ1v) is 8.75. The van der Waals surface area contributed by atoms with Crippen molar-refractivity contribution in [3.8, 4) is 0 Å². The molecule has 0 saturated heterocycles. The number of hydrogen-bond acceptors (Lipinski definition) is 4. The first kappa shape index (κ1) is 16.7. The minimum atomic E-state index is -0.473. The molecular weight excluding hydrogens is 292 g/mol. The van der Waals surface area contributed by atoms with Crippen LogP contribution in [0, 0.1) is 28.1 Å². The lowest BCUT2D eigenvalue weighted by Gasteiger charge is -2.60. The van der Waals surface area contributed by atoms with Gasteiger partial charge >= 0.3 is 0 Å². The third-order valence-corrected chi connectivity index (χ3v) is 7.54. The highest BCUT2D eigenvalue weighted by atomic mass is 16.3. The third kappa shape index (κ3) is 2.21. The summed E-state index contributed by atoms with van der Waals surface area (Å²) in [4.78, 5) is 24.7. The molecule has 2 N–H and O–H groups in total. The Kier molecular flexibility index (Phi) is 3.75. The van der Waals surface area contributed by atoms with Crippen molar-refractivity contribution < 1.29 is 19.8 Å². The predicted octanol–water partition coefficient (Wildman–Crippen LogP) is 3.19. The molecule has 5 atom stereocenters. The highest BCUT2D eigenvalue weighted by molar-refractivity contribution is 5.98. The van der Waals surface area contributed by atoms with Crippen molar-refractivity contribution in [2.45, 2.75) is 59.3 Å². The molecule has 128 valence electrons. The summed E-state index contributed by atoms with van der Waals surface area (Å²) in [5, 5.41) is 19.2. The molecule has 3 aliphatic carbocycles. The van der Waals surface area contributed by atoms with Gasteiger partial charge in [-0.25, -0.2) is 0 Å². The van der Waals surface area contributed by atoms with Gasteiger partial charge in [-0.05, 0) is 61.9 Å². The molecule has 23 heavy (non-hydrogen) atoms. The molecule has 0 aromatic heterocycles. The minimum Gasteiger partial charge on any atom is -0.505 e. The van der Waals surface area contributed by atoms with Gasteiger partial charge in [0.05, 0.1) is 0 Å². The maximum atomic E-state index is 12.6. The normalized spacial score (nSPS) is 46.6. The van der Waals surface area contributed by atoms with Crippen LogP contribution in [0.1, 0.15) is 59.3 Å². The highest BCUT2D eigenvalue weighted by Crippen LogP contribution is 2.64.